The zero-order chi connectivity index (χ0) is 11.4. The number of hydrogen-bond acceptors (Lipinski definition) is 2. The molecule has 1 saturated heterocycles. The van der Waals surface area contributed by atoms with Crippen LogP contribution in [-0.4, -0.2) is 19.8 Å². The van der Waals surface area contributed by atoms with E-state index >= 15 is 0 Å². The Bertz CT molecular complexity index is 351. The van der Waals surface area contributed by atoms with Gasteiger partial charge >= 0.3 is 0 Å². The van der Waals surface area contributed by atoms with Crippen molar-refractivity contribution in [3.8, 4) is 5.75 Å². The fraction of sp³-hybridized carbons (Fsp3) is 0.500. The first-order chi connectivity index (χ1) is 7.79. The average Bonchev–Trinajstić information content (AvgIpc) is 2.80. The average molecular weight is 289 g/mol. The van der Waals surface area contributed by atoms with Crippen molar-refractivity contribution in [3.05, 3.63) is 29.6 Å². The Morgan fingerprint density at radius 3 is 3.00 bits per heavy atom. The Morgan fingerprint density at radius 2 is 2.38 bits per heavy atom. The minimum atomic E-state index is -0.295. The molecule has 0 N–H and O–H groups in total. The van der Waals surface area contributed by atoms with Crippen molar-refractivity contribution < 1.29 is 13.9 Å². The maximum absolute atomic E-state index is 13.5. The summed E-state index contributed by atoms with van der Waals surface area (Å²) in [5, 5.41) is 0.653. The van der Waals surface area contributed by atoms with Gasteiger partial charge in [0.25, 0.3) is 0 Å². The number of benzene rings is 1. The van der Waals surface area contributed by atoms with Crippen LogP contribution in [0.15, 0.2) is 18.2 Å². The van der Waals surface area contributed by atoms with Gasteiger partial charge in [0.05, 0.1) is 13.2 Å². The van der Waals surface area contributed by atoms with Crippen molar-refractivity contribution in [1.82, 2.24) is 0 Å². The summed E-state index contributed by atoms with van der Waals surface area (Å²) in [5.41, 5.74) is 0.911. The fourth-order valence-electron chi connectivity index (χ4n) is 1.67. The van der Waals surface area contributed by atoms with E-state index in [1.165, 1.54) is 6.07 Å². The molecule has 1 aromatic carbocycles. The highest BCUT2D eigenvalue weighted by Gasteiger charge is 2.17. The van der Waals surface area contributed by atoms with Crippen LogP contribution in [0.3, 0.4) is 0 Å². The number of halogens is 2. The van der Waals surface area contributed by atoms with Crippen LogP contribution in [0.4, 0.5) is 4.39 Å². The Morgan fingerprint density at radius 1 is 1.50 bits per heavy atom. The molecule has 1 fully saturated rings. The molecule has 4 heteroatoms. The Kier molecular flexibility index (Phi) is 4.18. The summed E-state index contributed by atoms with van der Waals surface area (Å²) in [6.07, 6.45) is 1.00. The van der Waals surface area contributed by atoms with E-state index in [2.05, 4.69) is 15.9 Å². The smallest absolute Gasteiger partial charge is 0.165 e. The third-order valence-electron chi connectivity index (χ3n) is 2.65. The second-order valence-electron chi connectivity index (χ2n) is 3.94. The predicted molar refractivity (Wildman–Crippen MR) is 63.5 cm³/mol. The summed E-state index contributed by atoms with van der Waals surface area (Å²) in [4.78, 5) is 0. The molecule has 0 radical (unpaired) electrons. The number of ether oxygens (including phenoxy) is 2. The van der Waals surface area contributed by atoms with E-state index in [1.54, 1.807) is 6.07 Å². The molecule has 0 aliphatic carbocycles. The van der Waals surface area contributed by atoms with Crippen LogP contribution < -0.4 is 4.74 Å². The molecule has 2 rings (SSSR count). The lowest BCUT2D eigenvalue weighted by molar-refractivity contribution is 0.165. The van der Waals surface area contributed by atoms with Crippen molar-refractivity contribution in [3.63, 3.8) is 0 Å². The normalized spacial score (nSPS) is 20.0. The van der Waals surface area contributed by atoms with Gasteiger partial charge in [-0.25, -0.2) is 4.39 Å². The van der Waals surface area contributed by atoms with Gasteiger partial charge in [-0.15, -0.1) is 0 Å². The maximum atomic E-state index is 13.5. The van der Waals surface area contributed by atoms with E-state index in [0.717, 1.165) is 25.2 Å². The molecular formula is C12H14BrFO2. The molecule has 1 aromatic rings. The Balaban J connectivity index is 1.93. The molecule has 1 unspecified atom stereocenters. The third kappa shape index (κ3) is 2.95. The molecule has 0 saturated carbocycles. The first-order valence-corrected chi connectivity index (χ1v) is 6.46. The van der Waals surface area contributed by atoms with Crippen molar-refractivity contribution >= 4 is 15.9 Å². The molecule has 1 atom stereocenters. The molecule has 1 aliphatic heterocycles. The van der Waals surface area contributed by atoms with Gasteiger partial charge in [-0.2, -0.15) is 0 Å². The van der Waals surface area contributed by atoms with Gasteiger partial charge in [-0.3, -0.25) is 0 Å². The van der Waals surface area contributed by atoms with Crippen LogP contribution in [0.25, 0.3) is 0 Å². The summed E-state index contributed by atoms with van der Waals surface area (Å²) in [5.74, 6) is 0.433. The SMILES string of the molecule is Fc1cc(CBr)ccc1OCC1CCOC1. The molecule has 1 heterocycles. The lowest BCUT2D eigenvalue weighted by Gasteiger charge is -2.11. The number of rotatable bonds is 4. The molecule has 16 heavy (non-hydrogen) atoms. The van der Waals surface area contributed by atoms with Crippen LogP contribution in [0.5, 0.6) is 5.75 Å². The van der Waals surface area contributed by atoms with Gasteiger partial charge in [0.2, 0.25) is 0 Å². The summed E-state index contributed by atoms with van der Waals surface area (Å²) in [6, 6.07) is 5.04. The van der Waals surface area contributed by atoms with E-state index in [0.29, 0.717) is 23.6 Å². The lowest BCUT2D eigenvalue weighted by Crippen LogP contribution is -2.12. The van der Waals surface area contributed by atoms with Gasteiger partial charge in [-0.1, -0.05) is 22.0 Å². The van der Waals surface area contributed by atoms with Crippen molar-refractivity contribution in [2.45, 2.75) is 11.8 Å². The van der Waals surface area contributed by atoms with E-state index in [4.69, 9.17) is 9.47 Å². The van der Waals surface area contributed by atoms with Crippen LogP contribution >= 0.6 is 15.9 Å². The molecule has 0 spiro atoms. The van der Waals surface area contributed by atoms with Crippen molar-refractivity contribution in [1.29, 1.82) is 0 Å². The van der Waals surface area contributed by atoms with Crippen molar-refractivity contribution in [2.75, 3.05) is 19.8 Å². The predicted octanol–water partition coefficient (Wildman–Crippen LogP) is 3.14. The van der Waals surface area contributed by atoms with Gasteiger partial charge in [0, 0.05) is 17.9 Å². The van der Waals surface area contributed by atoms with Crippen LogP contribution in [0.2, 0.25) is 0 Å². The van der Waals surface area contributed by atoms with E-state index < -0.39 is 0 Å². The largest absolute Gasteiger partial charge is 0.490 e. The highest BCUT2D eigenvalue weighted by molar-refractivity contribution is 9.08. The standard InChI is InChI=1S/C12H14BrFO2/c13-6-9-1-2-12(11(14)5-9)16-8-10-3-4-15-7-10/h1-2,5,10H,3-4,6-8H2. The molecule has 0 bridgehead atoms. The molecule has 0 amide bonds. The highest BCUT2D eigenvalue weighted by Crippen LogP contribution is 2.21. The van der Waals surface area contributed by atoms with Gasteiger partial charge in [0.1, 0.15) is 0 Å². The minimum absolute atomic E-state index is 0.295. The monoisotopic (exact) mass is 288 g/mol. The second-order valence-corrected chi connectivity index (χ2v) is 4.50. The van der Waals surface area contributed by atoms with Crippen LogP contribution in [-0.2, 0) is 10.1 Å². The van der Waals surface area contributed by atoms with Gasteiger partial charge in [0.15, 0.2) is 11.6 Å². The minimum Gasteiger partial charge on any atom is -0.490 e. The zero-order valence-corrected chi connectivity index (χ0v) is 10.5. The Hall–Kier alpha value is -0.610. The molecule has 2 nitrogen and oxygen atoms in total. The lowest BCUT2D eigenvalue weighted by atomic mass is 10.1. The summed E-state index contributed by atoms with van der Waals surface area (Å²) < 4.78 is 24.2. The first kappa shape index (κ1) is 11.9. The number of alkyl halides is 1. The Labute approximate surface area is 103 Å². The van der Waals surface area contributed by atoms with Crippen molar-refractivity contribution in [2.24, 2.45) is 5.92 Å². The summed E-state index contributed by atoms with van der Waals surface area (Å²) in [6.45, 7) is 2.05. The molecule has 0 aromatic heterocycles. The summed E-state index contributed by atoms with van der Waals surface area (Å²) in [7, 11) is 0. The van der Waals surface area contributed by atoms with E-state index in [9.17, 15) is 4.39 Å². The topological polar surface area (TPSA) is 18.5 Å². The zero-order valence-electron chi connectivity index (χ0n) is 8.92. The number of hydrogen-bond donors (Lipinski definition) is 0. The van der Waals surface area contributed by atoms with E-state index in [1.807, 2.05) is 6.07 Å². The first-order valence-electron chi connectivity index (χ1n) is 5.34. The summed E-state index contributed by atoms with van der Waals surface area (Å²) >= 11 is 3.29. The molecule has 88 valence electrons. The maximum Gasteiger partial charge on any atom is 0.165 e. The highest BCUT2D eigenvalue weighted by atomic mass is 79.9. The van der Waals surface area contributed by atoms with E-state index in [-0.39, 0.29) is 5.82 Å². The van der Waals surface area contributed by atoms with Crippen LogP contribution in [0, 0.1) is 11.7 Å². The van der Waals surface area contributed by atoms with Gasteiger partial charge < -0.3 is 9.47 Å². The third-order valence-corrected chi connectivity index (χ3v) is 3.30. The molecule has 1 aliphatic rings. The quantitative estimate of drug-likeness (QED) is 0.793. The molecular weight excluding hydrogens is 275 g/mol. The van der Waals surface area contributed by atoms with Gasteiger partial charge in [-0.05, 0) is 24.1 Å². The fourth-order valence-corrected chi connectivity index (χ4v) is 2.02. The second kappa shape index (κ2) is 5.64. The van der Waals surface area contributed by atoms with Crippen LogP contribution in [0.1, 0.15) is 12.0 Å².